The molecule has 1 saturated carbocycles. The molecular formula is C24H22N6O2S. The van der Waals surface area contributed by atoms with Gasteiger partial charge in [-0.25, -0.2) is 27.0 Å². The molecule has 0 amide bonds. The lowest BCUT2D eigenvalue weighted by molar-refractivity contribution is 0.588. The summed E-state index contributed by atoms with van der Waals surface area (Å²) in [5, 5.41) is 14.4. The first-order chi connectivity index (χ1) is 16.0. The molecule has 0 radical (unpaired) electrons. The average molecular weight is 459 g/mol. The van der Waals surface area contributed by atoms with Gasteiger partial charge in [0.2, 0.25) is 0 Å². The number of benzene rings is 1. The lowest BCUT2D eigenvalue weighted by atomic mass is 10.0. The number of rotatable bonds is 5. The molecule has 1 aliphatic carbocycles. The van der Waals surface area contributed by atoms with E-state index in [4.69, 9.17) is 0 Å². The summed E-state index contributed by atoms with van der Waals surface area (Å²) in [5.74, 6) is 0.309. The summed E-state index contributed by atoms with van der Waals surface area (Å²) >= 11 is 0. The quantitative estimate of drug-likeness (QED) is 0.411. The fourth-order valence-corrected chi connectivity index (χ4v) is 5.72. The molecule has 1 aromatic carbocycles. The Bertz CT molecular complexity index is 1500. The smallest absolute Gasteiger partial charge is 0.243 e. The Morgan fingerprint density at radius 3 is 2.64 bits per heavy atom. The van der Waals surface area contributed by atoms with Crippen LogP contribution in [0, 0.1) is 24.2 Å². The maximum atomic E-state index is 13.2. The number of allylic oxidation sites excluding steroid dienone is 2. The summed E-state index contributed by atoms with van der Waals surface area (Å²) in [6, 6.07) is 10.6. The summed E-state index contributed by atoms with van der Waals surface area (Å²) in [6.07, 6.45) is 12.3. The summed E-state index contributed by atoms with van der Waals surface area (Å²) in [7, 11) is -3.80. The maximum absolute atomic E-state index is 13.2. The molecule has 166 valence electrons. The van der Waals surface area contributed by atoms with Gasteiger partial charge in [-0.05, 0) is 38.0 Å². The minimum Gasteiger partial charge on any atom is -0.243 e. The largest absolute Gasteiger partial charge is 0.269 e. The lowest BCUT2D eigenvalue weighted by Crippen LogP contribution is -2.12. The fraction of sp³-hybridized carbons (Fsp3) is 0.250. The van der Waals surface area contributed by atoms with Crippen molar-refractivity contribution in [1.29, 1.82) is 5.26 Å². The number of aryl methyl sites for hydroxylation is 1. The van der Waals surface area contributed by atoms with Crippen molar-refractivity contribution in [3.8, 4) is 17.3 Å². The van der Waals surface area contributed by atoms with Crippen molar-refractivity contribution in [2.45, 2.75) is 37.5 Å². The Kier molecular flexibility index (Phi) is 5.30. The summed E-state index contributed by atoms with van der Waals surface area (Å²) in [4.78, 5) is 8.87. The number of aromatic nitrogens is 5. The van der Waals surface area contributed by atoms with E-state index in [1.807, 2.05) is 13.1 Å². The van der Waals surface area contributed by atoms with Gasteiger partial charge in [0, 0.05) is 35.3 Å². The maximum Gasteiger partial charge on any atom is 0.269 e. The molecule has 33 heavy (non-hydrogen) atoms. The Morgan fingerprint density at radius 2 is 1.91 bits per heavy atom. The van der Waals surface area contributed by atoms with Gasteiger partial charge in [0.25, 0.3) is 10.0 Å². The predicted molar refractivity (Wildman–Crippen MR) is 124 cm³/mol. The van der Waals surface area contributed by atoms with Gasteiger partial charge in [-0.3, -0.25) is 0 Å². The summed E-state index contributed by atoms with van der Waals surface area (Å²) in [6.45, 7) is 1.91. The molecule has 0 bridgehead atoms. The van der Waals surface area contributed by atoms with Gasteiger partial charge >= 0.3 is 0 Å². The van der Waals surface area contributed by atoms with Crippen LogP contribution in [0.5, 0.6) is 0 Å². The zero-order chi connectivity index (χ0) is 23.0. The second kappa shape index (κ2) is 8.30. The van der Waals surface area contributed by atoms with E-state index in [2.05, 4.69) is 21.1 Å². The average Bonchev–Trinajstić information content (AvgIpc) is 3.58. The van der Waals surface area contributed by atoms with Crippen LogP contribution < -0.4 is 0 Å². The van der Waals surface area contributed by atoms with E-state index in [1.165, 1.54) is 16.5 Å². The molecular weight excluding hydrogens is 436 g/mol. The molecule has 1 fully saturated rings. The first-order valence-corrected chi connectivity index (χ1v) is 12.2. The molecule has 3 aromatic heterocycles. The Labute approximate surface area is 191 Å². The number of hydrogen-bond acceptors (Lipinski definition) is 6. The van der Waals surface area contributed by atoms with Crippen molar-refractivity contribution in [2.24, 2.45) is 5.92 Å². The van der Waals surface area contributed by atoms with Crippen molar-refractivity contribution in [2.75, 3.05) is 0 Å². The third-order valence-electron chi connectivity index (χ3n) is 6.13. The highest BCUT2D eigenvalue weighted by Crippen LogP contribution is 2.34. The molecule has 8 nitrogen and oxygen atoms in total. The molecule has 5 rings (SSSR count). The third-order valence-corrected chi connectivity index (χ3v) is 7.81. The zero-order valence-corrected chi connectivity index (χ0v) is 18.9. The van der Waals surface area contributed by atoms with Gasteiger partial charge in [0.15, 0.2) is 5.65 Å². The summed E-state index contributed by atoms with van der Waals surface area (Å²) in [5.41, 5.74) is 3.49. The lowest BCUT2D eigenvalue weighted by Gasteiger charge is -2.13. The fourth-order valence-electron chi connectivity index (χ4n) is 4.42. The molecule has 9 heteroatoms. The van der Waals surface area contributed by atoms with E-state index in [9.17, 15) is 13.7 Å². The molecule has 0 atom stereocenters. The van der Waals surface area contributed by atoms with E-state index in [0.29, 0.717) is 22.6 Å². The van der Waals surface area contributed by atoms with Crippen LogP contribution in [0.15, 0.2) is 66.2 Å². The monoisotopic (exact) mass is 458 g/mol. The van der Waals surface area contributed by atoms with Crippen LogP contribution in [-0.4, -0.2) is 32.1 Å². The van der Waals surface area contributed by atoms with E-state index in [-0.39, 0.29) is 4.90 Å². The minimum absolute atomic E-state index is 0.196. The third kappa shape index (κ3) is 3.72. The molecule has 0 spiro atoms. The zero-order valence-electron chi connectivity index (χ0n) is 18.1. The molecule has 0 saturated heterocycles. The molecule has 0 aliphatic heterocycles. The Balaban J connectivity index is 1.56. The van der Waals surface area contributed by atoms with Crippen molar-refractivity contribution >= 4 is 26.8 Å². The van der Waals surface area contributed by atoms with Gasteiger partial charge in [-0.2, -0.15) is 10.4 Å². The SMILES string of the molecule is Cc1ccc(S(=O)(=O)n2ccc3c(-c4cnn(/C(=C\C#N)C5CCCC5)c4)ncnc32)cc1. The van der Waals surface area contributed by atoms with Crippen molar-refractivity contribution in [3.05, 3.63) is 66.9 Å². The molecule has 1 aliphatic rings. The van der Waals surface area contributed by atoms with Crippen LogP contribution >= 0.6 is 0 Å². The van der Waals surface area contributed by atoms with E-state index < -0.39 is 10.0 Å². The first kappa shape index (κ1) is 21.1. The van der Waals surface area contributed by atoms with Gasteiger partial charge < -0.3 is 0 Å². The molecule has 0 N–H and O–H groups in total. The number of fused-ring (bicyclic) bond motifs is 1. The van der Waals surface area contributed by atoms with Crippen LogP contribution in [0.3, 0.4) is 0 Å². The van der Waals surface area contributed by atoms with Crippen molar-refractivity contribution < 1.29 is 8.42 Å². The summed E-state index contributed by atoms with van der Waals surface area (Å²) < 4.78 is 29.4. The molecule has 3 heterocycles. The molecule has 4 aromatic rings. The van der Waals surface area contributed by atoms with Crippen LogP contribution in [0.25, 0.3) is 28.0 Å². The van der Waals surface area contributed by atoms with E-state index in [0.717, 1.165) is 42.5 Å². The van der Waals surface area contributed by atoms with E-state index in [1.54, 1.807) is 47.3 Å². The number of nitriles is 1. The molecule has 0 unspecified atom stereocenters. The Hall–Kier alpha value is -3.77. The first-order valence-electron chi connectivity index (χ1n) is 10.8. The topological polar surface area (TPSA) is 106 Å². The highest BCUT2D eigenvalue weighted by Gasteiger charge is 2.24. The predicted octanol–water partition coefficient (Wildman–Crippen LogP) is 4.39. The standard InChI is InChI=1S/C24H22N6O2S/c1-17-6-8-20(9-7-17)33(31,32)30-13-11-21-23(26-16-27-24(21)30)19-14-28-29(15-19)22(10-12-25)18-4-2-3-5-18/h6-11,13-16,18H,2-5H2,1H3/b22-10-. The normalized spacial score (nSPS) is 15.2. The van der Waals surface area contributed by atoms with Crippen LogP contribution in [0.4, 0.5) is 0 Å². The van der Waals surface area contributed by atoms with E-state index >= 15 is 0 Å². The highest BCUT2D eigenvalue weighted by molar-refractivity contribution is 7.90. The van der Waals surface area contributed by atoms with Crippen LogP contribution in [-0.2, 0) is 10.0 Å². The minimum atomic E-state index is -3.80. The highest BCUT2D eigenvalue weighted by atomic mass is 32.2. The second-order valence-electron chi connectivity index (χ2n) is 8.24. The van der Waals surface area contributed by atoms with Crippen molar-refractivity contribution in [3.63, 3.8) is 0 Å². The van der Waals surface area contributed by atoms with Gasteiger partial charge in [0.1, 0.15) is 6.33 Å². The van der Waals surface area contributed by atoms with Gasteiger partial charge in [0.05, 0.1) is 28.6 Å². The number of nitrogens with zero attached hydrogens (tertiary/aromatic N) is 6. The van der Waals surface area contributed by atoms with Crippen LogP contribution in [0.2, 0.25) is 0 Å². The van der Waals surface area contributed by atoms with Gasteiger partial charge in [-0.1, -0.05) is 30.5 Å². The van der Waals surface area contributed by atoms with Crippen LogP contribution in [0.1, 0.15) is 31.2 Å². The second-order valence-corrected chi connectivity index (χ2v) is 10.1. The number of hydrogen-bond donors (Lipinski definition) is 0. The van der Waals surface area contributed by atoms with Gasteiger partial charge in [-0.15, -0.1) is 0 Å². The Morgan fingerprint density at radius 1 is 1.15 bits per heavy atom. The van der Waals surface area contributed by atoms with Crippen molar-refractivity contribution in [1.82, 2.24) is 23.7 Å².